The predicted octanol–water partition coefficient (Wildman–Crippen LogP) is 4.59. The van der Waals surface area contributed by atoms with Crippen LogP contribution in [0.2, 0.25) is 5.02 Å². The monoisotopic (exact) mass is 322 g/mol. The second-order valence-electron chi connectivity index (χ2n) is 6.06. The smallest absolute Gasteiger partial charge is 0.263 e. The largest absolute Gasteiger partial charge is 0.397 e. The number of hydrogen-bond donors (Lipinski definition) is 2. The number of fused-ring (bicyclic) bond motifs is 1. The van der Waals surface area contributed by atoms with Gasteiger partial charge in [-0.25, -0.2) is 0 Å². The third kappa shape index (κ3) is 2.87. The molecule has 0 radical (unpaired) electrons. The molecule has 1 fully saturated rings. The highest BCUT2D eigenvalue weighted by Gasteiger charge is 2.30. The van der Waals surface area contributed by atoms with Crippen LogP contribution in [0.5, 0.6) is 0 Å². The summed E-state index contributed by atoms with van der Waals surface area (Å²) in [5.41, 5.74) is 6.58. The summed E-state index contributed by atoms with van der Waals surface area (Å²) in [5, 5.41) is 4.69. The quantitative estimate of drug-likeness (QED) is 0.849. The van der Waals surface area contributed by atoms with Crippen LogP contribution in [0.4, 0.5) is 5.69 Å². The lowest BCUT2D eigenvalue weighted by Gasteiger charge is -2.34. The van der Waals surface area contributed by atoms with Crippen molar-refractivity contribution >= 4 is 44.6 Å². The Balaban J connectivity index is 1.89. The van der Waals surface area contributed by atoms with E-state index in [0.717, 1.165) is 22.9 Å². The third-order valence-corrected chi connectivity index (χ3v) is 5.69. The zero-order chi connectivity index (χ0) is 15.0. The third-order valence-electron chi connectivity index (χ3n) is 4.27. The fraction of sp³-hybridized carbons (Fsp3) is 0.438. The summed E-state index contributed by atoms with van der Waals surface area (Å²) < 4.78 is 0.996. The lowest BCUT2D eigenvalue weighted by molar-refractivity contribution is 0.0888. The summed E-state index contributed by atoms with van der Waals surface area (Å²) in [6.07, 6.45) is 5.68. The number of carbonyl (C=O) groups excluding carboxylic acids is 1. The zero-order valence-electron chi connectivity index (χ0n) is 12.0. The Labute approximate surface area is 133 Å². The number of nitrogens with two attached hydrogens (primary N) is 1. The van der Waals surface area contributed by atoms with E-state index in [2.05, 4.69) is 12.2 Å². The van der Waals surface area contributed by atoms with Crippen LogP contribution in [0.1, 0.15) is 48.7 Å². The van der Waals surface area contributed by atoms with Crippen LogP contribution in [-0.2, 0) is 0 Å². The average molecular weight is 323 g/mol. The SMILES string of the molecule is CC1(NC(=O)c2sc3ccc(Cl)cc3c2N)CCCCC1. The molecule has 5 heteroatoms. The Morgan fingerprint density at radius 3 is 2.76 bits per heavy atom. The molecule has 21 heavy (non-hydrogen) atoms. The highest BCUT2D eigenvalue weighted by Crippen LogP contribution is 2.36. The van der Waals surface area contributed by atoms with Gasteiger partial charge in [-0.3, -0.25) is 4.79 Å². The first-order chi connectivity index (χ1) is 9.98. The highest BCUT2D eigenvalue weighted by atomic mass is 35.5. The Bertz CT molecular complexity index is 689. The molecule has 0 atom stereocenters. The van der Waals surface area contributed by atoms with Crippen molar-refractivity contribution in [2.24, 2.45) is 0 Å². The fourth-order valence-corrected chi connectivity index (χ4v) is 4.22. The van der Waals surface area contributed by atoms with Gasteiger partial charge in [-0.15, -0.1) is 11.3 Å². The van der Waals surface area contributed by atoms with Gasteiger partial charge >= 0.3 is 0 Å². The number of anilines is 1. The second kappa shape index (κ2) is 5.50. The summed E-state index contributed by atoms with van der Waals surface area (Å²) >= 11 is 7.44. The number of benzene rings is 1. The molecule has 1 heterocycles. The number of carbonyl (C=O) groups is 1. The Morgan fingerprint density at radius 2 is 2.05 bits per heavy atom. The number of amides is 1. The van der Waals surface area contributed by atoms with Crippen molar-refractivity contribution < 1.29 is 4.79 Å². The molecule has 1 aromatic heterocycles. The van der Waals surface area contributed by atoms with Gasteiger partial charge in [-0.2, -0.15) is 0 Å². The van der Waals surface area contributed by atoms with Gasteiger partial charge < -0.3 is 11.1 Å². The maximum atomic E-state index is 12.6. The van der Waals surface area contributed by atoms with E-state index in [4.69, 9.17) is 17.3 Å². The number of rotatable bonds is 2. The zero-order valence-corrected chi connectivity index (χ0v) is 13.6. The first kappa shape index (κ1) is 14.7. The first-order valence-electron chi connectivity index (χ1n) is 7.29. The molecular weight excluding hydrogens is 304 g/mol. The number of nitrogens with one attached hydrogen (secondary N) is 1. The topological polar surface area (TPSA) is 55.1 Å². The van der Waals surface area contributed by atoms with Gasteiger partial charge in [-0.1, -0.05) is 30.9 Å². The van der Waals surface area contributed by atoms with Gasteiger partial charge in [-0.05, 0) is 38.0 Å². The maximum absolute atomic E-state index is 12.6. The van der Waals surface area contributed by atoms with Crippen LogP contribution in [0.25, 0.3) is 10.1 Å². The summed E-state index contributed by atoms with van der Waals surface area (Å²) in [4.78, 5) is 13.2. The molecule has 112 valence electrons. The molecule has 3 nitrogen and oxygen atoms in total. The van der Waals surface area contributed by atoms with Gasteiger partial charge in [0.2, 0.25) is 0 Å². The molecule has 0 spiro atoms. The molecule has 1 aromatic carbocycles. The molecule has 0 bridgehead atoms. The molecule has 1 aliphatic carbocycles. The standard InChI is InChI=1S/C16H19ClN2OS/c1-16(7-3-2-4-8-16)19-15(20)14-13(18)11-9-10(17)5-6-12(11)21-14/h5-6,9H,2-4,7-8,18H2,1H3,(H,19,20). The summed E-state index contributed by atoms with van der Waals surface area (Å²) in [6, 6.07) is 5.56. The van der Waals surface area contributed by atoms with E-state index in [0.29, 0.717) is 15.6 Å². The average Bonchev–Trinajstić information content (AvgIpc) is 2.76. The molecular formula is C16H19ClN2OS. The van der Waals surface area contributed by atoms with Crippen molar-refractivity contribution in [2.75, 3.05) is 5.73 Å². The van der Waals surface area contributed by atoms with Crippen LogP contribution in [0.15, 0.2) is 18.2 Å². The van der Waals surface area contributed by atoms with Gasteiger partial charge in [0.15, 0.2) is 0 Å². The van der Waals surface area contributed by atoms with Crippen molar-refractivity contribution in [3.63, 3.8) is 0 Å². The summed E-state index contributed by atoms with van der Waals surface area (Å²) in [6.45, 7) is 2.13. The van der Waals surface area contributed by atoms with Crippen molar-refractivity contribution in [3.8, 4) is 0 Å². The van der Waals surface area contributed by atoms with Crippen LogP contribution in [-0.4, -0.2) is 11.4 Å². The minimum atomic E-state index is -0.102. The van der Waals surface area contributed by atoms with Gasteiger partial charge in [0.25, 0.3) is 5.91 Å². The van der Waals surface area contributed by atoms with Crippen molar-refractivity contribution in [1.82, 2.24) is 5.32 Å². The summed E-state index contributed by atoms with van der Waals surface area (Å²) in [5.74, 6) is -0.0609. The van der Waals surface area contributed by atoms with Crippen molar-refractivity contribution in [3.05, 3.63) is 28.1 Å². The normalized spacial score (nSPS) is 17.8. The first-order valence-corrected chi connectivity index (χ1v) is 8.48. The van der Waals surface area contributed by atoms with E-state index in [-0.39, 0.29) is 11.4 Å². The highest BCUT2D eigenvalue weighted by molar-refractivity contribution is 7.21. The van der Waals surface area contributed by atoms with Gasteiger partial charge in [0.1, 0.15) is 4.88 Å². The summed E-state index contributed by atoms with van der Waals surface area (Å²) in [7, 11) is 0. The Morgan fingerprint density at radius 1 is 1.33 bits per heavy atom. The Hall–Kier alpha value is -1.26. The molecule has 1 saturated carbocycles. The van der Waals surface area contributed by atoms with E-state index >= 15 is 0 Å². The predicted molar refractivity (Wildman–Crippen MR) is 90.2 cm³/mol. The van der Waals surface area contributed by atoms with E-state index in [1.54, 1.807) is 0 Å². The van der Waals surface area contributed by atoms with Crippen LogP contribution >= 0.6 is 22.9 Å². The molecule has 2 aromatic rings. The van der Waals surface area contributed by atoms with E-state index in [1.165, 1.54) is 30.6 Å². The number of halogens is 1. The van der Waals surface area contributed by atoms with Crippen LogP contribution < -0.4 is 11.1 Å². The fourth-order valence-electron chi connectivity index (χ4n) is 3.05. The second-order valence-corrected chi connectivity index (χ2v) is 7.55. The molecule has 0 aliphatic heterocycles. The molecule has 3 N–H and O–H groups in total. The van der Waals surface area contributed by atoms with Gasteiger partial charge in [0, 0.05) is 20.6 Å². The lowest BCUT2D eigenvalue weighted by Crippen LogP contribution is -2.47. The number of thiophene rings is 1. The Kier molecular flexibility index (Phi) is 3.84. The maximum Gasteiger partial charge on any atom is 0.263 e. The van der Waals surface area contributed by atoms with E-state index < -0.39 is 0 Å². The number of nitrogen functional groups attached to an aromatic ring is 1. The van der Waals surface area contributed by atoms with E-state index in [1.807, 2.05) is 18.2 Å². The molecule has 0 unspecified atom stereocenters. The lowest BCUT2D eigenvalue weighted by atomic mass is 9.83. The van der Waals surface area contributed by atoms with Gasteiger partial charge in [0.05, 0.1) is 5.69 Å². The molecule has 0 saturated heterocycles. The van der Waals surface area contributed by atoms with Crippen molar-refractivity contribution in [1.29, 1.82) is 0 Å². The van der Waals surface area contributed by atoms with Crippen LogP contribution in [0.3, 0.4) is 0 Å². The number of hydrogen-bond acceptors (Lipinski definition) is 3. The molecule has 3 rings (SSSR count). The minimum Gasteiger partial charge on any atom is -0.397 e. The molecule has 1 aliphatic rings. The molecule has 1 amide bonds. The van der Waals surface area contributed by atoms with E-state index in [9.17, 15) is 4.79 Å². The minimum absolute atomic E-state index is 0.0609. The van der Waals surface area contributed by atoms with Crippen LogP contribution in [0, 0.1) is 0 Å². The van der Waals surface area contributed by atoms with Crippen molar-refractivity contribution in [2.45, 2.75) is 44.6 Å².